The van der Waals surface area contributed by atoms with Gasteiger partial charge in [0.2, 0.25) is 0 Å². The molecule has 0 aliphatic carbocycles. The minimum atomic E-state index is -0.685. The molecule has 0 aliphatic rings. The van der Waals surface area contributed by atoms with E-state index in [1.165, 1.54) is 7.11 Å². The van der Waals surface area contributed by atoms with Crippen molar-refractivity contribution in [3.05, 3.63) is 35.4 Å². The number of aryl methyl sites for hydroxylation is 1. The van der Waals surface area contributed by atoms with Gasteiger partial charge in [0, 0.05) is 0 Å². The van der Waals surface area contributed by atoms with Crippen molar-refractivity contribution in [1.82, 2.24) is 5.48 Å². The van der Waals surface area contributed by atoms with E-state index in [4.69, 9.17) is 5.73 Å². The molecule has 1 amide bonds. The molecule has 0 bridgehead atoms. The van der Waals surface area contributed by atoms with Gasteiger partial charge in [0.1, 0.15) is 6.04 Å². The number of carbonyl (C=O) groups excluding carboxylic acids is 1. The summed E-state index contributed by atoms with van der Waals surface area (Å²) in [6, 6.07) is 6.80. The minimum Gasteiger partial charge on any atom is -0.316 e. The minimum absolute atomic E-state index is 0.351. The van der Waals surface area contributed by atoms with Crippen molar-refractivity contribution in [1.29, 1.82) is 0 Å². The Kier molecular flexibility index (Phi) is 3.62. The van der Waals surface area contributed by atoms with Gasteiger partial charge in [0.15, 0.2) is 0 Å². The molecular formula is C10H14N2O2. The van der Waals surface area contributed by atoms with Crippen LogP contribution in [0.2, 0.25) is 0 Å². The molecule has 0 aliphatic heterocycles. The van der Waals surface area contributed by atoms with Crippen LogP contribution in [0.25, 0.3) is 0 Å². The zero-order valence-electron chi connectivity index (χ0n) is 8.28. The number of nitrogens with two attached hydrogens (primary N) is 1. The summed E-state index contributed by atoms with van der Waals surface area (Å²) in [4.78, 5) is 15.8. The Morgan fingerprint density at radius 3 is 2.50 bits per heavy atom. The molecule has 1 aromatic carbocycles. The fraction of sp³-hybridized carbons (Fsp3) is 0.300. The fourth-order valence-corrected chi connectivity index (χ4v) is 1.09. The van der Waals surface area contributed by atoms with Crippen LogP contribution < -0.4 is 11.2 Å². The first-order valence-electron chi connectivity index (χ1n) is 4.30. The number of carbonyl (C=O) groups is 1. The Hall–Kier alpha value is -1.39. The highest BCUT2D eigenvalue weighted by Crippen LogP contribution is 2.11. The summed E-state index contributed by atoms with van der Waals surface area (Å²) in [7, 11) is 1.37. The summed E-state index contributed by atoms with van der Waals surface area (Å²) >= 11 is 0. The number of rotatable bonds is 3. The van der Waals surface area contributed by atoms with Crippen LogP contribution in [-0.4, -0.2) is 13.0 Å². The average Bonchev–Trinajstić information content (AvgIpc) is 2.18. The van der Waals surface area contributed by atoms with Gasteiger partial charge in [0.05, 0.1) is 7.11 Å². The highest BCUT2D eigenvalue weighted by atomic mass is 16.6. The molecule has 4 heteroatoms. The Morgan fingerprint density at radius 2 is 2.00 bits per heavy atom. The molecule has 0 fully saturated rings. The second-order valence-electron chi connectivity index (χ2n) is 3.06. The van der Waals surface area contributed by atoms with E-state index >= 15 is 0 Å². The van der Waals surface area contributed by atoms with E-state index < -0.39 is 6.04 Å². The lowest BCUT2D eigenvalue weighted by atomic mass is 10.1. The third kappa shape index (κ3) is 2.55. The highest BCUT2D eigenvalue weighted by molar-refractivity contribution is 5.81. The number of nitrogens with one attached hydrogen (secondary N) is 1. The van der Waals surface area contributed by atoms with Crippen LogP contribution in [-0.2, 0) is 9.63 Å². The Bertz CT molecular complexity index is 308. The SMILES string of the molecule is CONC(=O)C(N)c1ccc(C)cc1. The fourth-order valence-electron chi connectivity index (χ4n) is 1.09. The lowest BCUT2D eigenvalue weighted by molar-refractivity contribution is -0.132. The zero-order valence-corrected chi connectivity index (χ0v) is 8.28. The first-order valence-corrected chi connectivity index (χ1v) is 4.30. The molecule has 0 saturated carbocycles. The maximum atomic E-state index is 11.3. The second-order valence-corrected chi connectivity index (χ2v) is 3.06. The average molecular weight is 194 g/mol. The molecule has 1 rings (SSSR count). The van der Waals surface area contributed by atoms with Gasteiger partial charge in [-0.15, -0.1) is 0 Å². The van der Waals surface area contributed by atoms with Crippen molar-refractivity contribution in [2.24, 2.45) is 5.73 Å². The maximum Gasteiger partial charge on any atom is 0.265 e. The molecule has 14 heavy (non-hydrogen) atoms. The van der Waals surface area contributed by atoms with E-state index in [-0.39, 0.29) is 5.91 Å². The zero-order chi connectivity index (χ0) is 10.6. The van der Waals surface area contributed by atoms with Crippen molar-refractivity contribution >= 4 is 5.91 Å². The number of amides is 1. The Balaban J connectivity index is 2.73. The lowest BCUT2D eigenvalue weighted by Crippen LogP contribution is -2.33. The summed E-state index contributed by atoms with van der Waals surface area (Å²) in [6.45, 7) is 1.98. The first kappa shape index (κ1) is 10.7. The van der Waals surface area contributed by atoms with Gasteiger partial charge in [-0.1, -0.05) is 29.8 Å². The van der Waals surface area contributed by atoms with Crippen LogP contribution >= 0.6 is 0 Å². The normalized spacial score (nSPS) is 12.2. The molecule has 0 radical (unpaired) electrons. The summed E-state index contributed by atoms with van der Waals surface area (Å²) in [5, 5.41) is 0. The van der Waals surface area contributed by atoms with Crippen LogP contribution in [0.1, 0.15) is 17.2 Å². The highest BCUT2D eigenvalue weighted by Gasteiger charge is 2.14. The van der Waals surface area contributed by atoms with E-state index in [0.717, 1.165) is 11.1 Å². The smallest absolute Gasteiger partial charge is 0.265 e. The van der Waals surface area contributed by atoms with Crippen molar-refractivity contribution in [3.8, 4) is 0 Å². The largest absolute Gasteiger partial charge is 0.316 e. The molecule has 0 saturated heterocycles. The van der Waals surface area contributed by atoms with Crippen LogP contribution in [0.5, 0.6) is 0 Å². The van der Waals surface area contributed by atoms with Gasteiger partial charge in [-0.25, -0.2) is 5.48 Å². The topological polar surface area (TPSA) is 64.3 Å². The molecule has 0 aromatic heterocycles. The van der Waals surface area contributed by atoms with Gasteiger partial charge in [-0.3, -0.25) is 9.63 Å². The van der Waals surface area contributed by atoms with Crippen LogP contribution in [0, 0.1) is 6.92 Å². The molecule has 0 spiro atoms. The van der Waals surface area contributed by atoms with Gasteiger partial charge in [-0.05, 0) is 12.5 Å². The number of hydrogen-bond acceptors (Lipinski definition) is 3. The molecular weight excluding hydrogens is 180 g/mol. The third-order valence-electron chi connectivity index (χ3n) is 1.92. The number of hydrogen-bond donors (Lipinski definition) is 2. The summed E-state index contributed by atoms with van der Waals surface area (Å²) in [6.07, 6.45) is 0. The van der Waals surface area contributed by atoms with Crippen LogP contribution in [0.4, 0.5) is 0 Å². The summed E-state index contributed by atoms with van der Waals surface area (Å²) in [5.74, 6) is -0.351. The van der Waals surface area contributed by atoms with Gasteiger partial charge >= 0.3 is 0 Å². The molecule has 3 N–H and O–H groups in total. The van der Waals surface area contributed by atoms with Crippen molar-refractivity contribution < 1.29 is 9.63 Å². The predicted molar refractivity (Wildman–Crippen MR) is 53.3 cm³/mol. The van der Waals surface area contributed by atoms with Crippen molar-refractivity contribution in [2.45, 2.75) is 13.0 Å². The Labute approximate surface area is 83.0 Å². The quantitative estimate of drug-likeness (QED) is 0.695. The van der Waals surface area contributed by atoms with Gasteiger partial charge in [-0.2, -0.15) is 0 Å². The standard InChI is InChI=1S/C10H14N2O2/c1-7-3-5-8(6-4-7)9(11)10(13)12-14-2/h3-6,9H,11H2,1-2H3,(H,12,13). The monoisotopic (exact) mass is 194 g/mol. The van der Waals surface area contributed by atoms with Crippen LogP contribution in [0.15, 0.2) is 24.3 Å². The molecule has 0 heterocycles. The first-order chi connectivity index (χ1) is 6.65. The van der Waals surface area contributed by atoms with E-state index in [2.05, 4.69) is 10.3 Å². The molecule has 1 unspecified atom stereocenters. The summed E-state index contributed by atoms with van der Waals surface area (Å²) in [5.41, 5.74) is 9.78. The Morgan fingerprint density at radius 1 is 1.43 bits per heavy atom. The van der Waals surface area contributed by atoms with Crippen molar-refractivity contribution in [2.75, 3.05) is 7.11 Å². The molecule has 1 aromatic rings. The van der Waals surface area contributed by atoms with E-state index in [0.29, 0.717) is 0 Å². The predicted octanol–water partition coefficient (Wildman–Crippen LogP) is 0.672. The van der Waals surface area contributed by atoms with E-state index in [9.17, 15) is 4.79 Å². The lowest BCUT2D eigenvalue weighted by Gasteiger charge is -2.10. The molecule has 4 nitrogen and oxygen atoms in total. The third-order valence-corrected chi connectivity index (χ3v) is 1.92. The molecule has 76 valence electrons. The van der Waals surface area contributed by atoms with Gasteiger partial charge in [0.25, 0.3) is 5.91 Å². The number of hydroxylamine groups is 1. The molecule has 1 atom stereocenters. The second kappa shape index (κ2) is 4.74. The van der Waals surface area contributed by atoms with E-state index in [1.807, 2.05) is 31.2 Å². The van der Waals surface area contributed by atoms with Crippen LogP contribution in [0.3, 0.4) is 0 Å². The summed E-state index contributed by atoms with van der Waals surface area (Å²) < 4.78 is 0. The number of benzene rings is 1. The van der Waals surface area contributed by atoms with E-state index in [1.54, 1.807) is 0 Å². The van der Waals surface area contributed by atoms with Gasteiger partial charge < -0.3 is 5.73 Å². The maximum absolute atomic E-state index is 11.3. The van der Waals surface area contributed by atoms with Crippen molar-refractivity contribution in [3.63, 3.8) is 0 Å².